The zero-order valence-electron chi connectivity index (χ0n) is 14.1. The lowest BCUT2D eigenvalue weighted by atomic mass is 10.1. The van der Waals surface area contributed by atoms with E-state index in [1.165, 1.54) is 0 Å². The molecule has 0 amide bonds. The number of aryl methyl sites for hydroxylation is 1. The molecule has 24 heavy (non-hydrogen) atoms. The van der Waals surface area contributed by atoms with Crippen LogP contribution in [-0.4, -0.2) is 24.3 Å². The fourth-order valence-corrected chi connectivity index (χ4v) is 2.99. The van der Waals surface area contributed by atoms with Crippen LogP contribution in [0.5, 0.6) is 5.75 Å². The maximum Gasteiger partial charge on any atom is 0.274 e. The van der Waals surface area contributed by atoms with Crippen LogP contribution in [0.2, 0.25) is 13.1 Å². The van der Waals surface area contributed by atoms with Gasteiger partial charge in [0, 0.05) is 18.8 Å². The van der Waals surface area contributed by atoms with Gasteiger partial charge in [0.2, 0.25) is 0 Å². The lowest BCUT2D eigenvalue weighted by molar-refractivity contribution is 0.582. The summed E-state index contributed by atoms with van der Waals surface area (Å²) in [5, 5.41) is 0. The van der Waals surface area contributed by atoms with Crippen molar-refractivity contribution in [1.82, 2.24) is 9.55 Å². The molecule has 121 valence electrons. The average molecular weight is 334 g/mol. The van der Waals surface area contributed by atoms with Crippen molar-refractivity contribution < 1.29 is 4.43 Å². The van der Waals surface area contributed by atoms with Gasteiger partial charge in [-0.3, -0.25) is 0 Å². The van der Waals surface area contributed by atoms with Crippen molar-refractivity contribution in [3.63, 3.8) is 0 Å². The van der Waals surface area contributed by atoms with Gasteiger partial charge in [0.25, 0.3) is 9.04 Å². The predicted molar refractivity (Wildman–Crippen MR) is 99.5 cm³/mol. The summed E-state index contributed by atoms with van der Waals surface area (Å²) in [6, 6.07) is 18.0. The first-order chi connectivity index (χ1) is 11.6. The molecule has 0 saturated heterocycles. The molecular weight excluding hydrogens is 314 g/mol. The number of rotatable bonds is 5. The van der Waals surface area contributed by atoms with Gasteiger partial charge in [-0.25, -0.2) is 9.98 Å². The third-order valence-corrected chi connectivity index (χ3v) is 4.03. The maximum atomic E-state index is 5.99. The summed E-state index contributed by atoms with van der Waals surface area (Å²) < 4.78 is 7.92. The lowest BCUT2D eigenvalue weighted by Gasteiger charge is -2.12. The minimum absolute atomic E-state index is 0.820. The molecule has 0 aliphatic carbocycles. The Morgan fingerprint density at radius 2 is 1.75 bits per heavy atom. The summed E-state index contributed by atoms with van der Waals surface area (Å²) in [5.74, 6) is 0.820. The first-order valence-corrected chi connectivity index (χ1v) is 10.2. The maximum absolute atomic E-state index is 5.99. The molecule has 0 atom stereocenters. The summed E-state index contributed by atoms with van der Waals surface area (Å²) in [5.41, 5.74) is 3.54. The molecule has 3 aromatic rings. The Labute approximate surface area is 144 Å². The Morgan fingerprint density at radius 1 is 1.04 bits per heavy atom. The van der Waals surface area contributed by atoms with E-state index in [0.717, 1.165) is 28.4 Å². The van der Waals surface area contributed by atoms with E-state index >= 15 is 0 Å². The topological polar surface area (TPSA) is 39.4 Å². The minimum Gasteiger partial charge on any atom is -0.541 e. The third-order valence-electron chi connectivity index (χ3n) is 3.41. The number of hydrogen-bond acceptors (Lipinski definition) is 3. The quantitative estimate of drug-likeness (QED) is 0.518. The smallest absolute Gasteiger partial charge is 0.274 e. The van der Waals surface area contributed by atoms with Gasteiger partial charge in [-0.05, 0) is 25.2 Å². The zero-order valence-corrected chi connectivity index (χ0v) is 15.1. The van der Waals surface area contributed by atoms with E-state index < -0.39 is 9.04 Å². The van der Waals surface area contributed by atoms with Crippen LogP contribution >= 0.6 is 0 Å². The van der Waals surface area contributed by atoms with Crippen LogP contribution in [0.4, 0.5) is 5.69 Å². The van der Waals surface area contributed by atoms with Crippen molar-refractivity contribution in [2.45, 2.75) is 13.1 Å². The Morgan fingerprint density at radius 3 is 2.42 bits per heavy atom. The molecule has 0 bridgehead atoms. The lowest BCUT2D eigenvalue weighted by Crippen LogP contribution is -2.11. The molecule has 2 aromatic carbocycles. The van der Waals surface area contributed by atoms with Gasteiger partial charge in [0.1, 0.15) is 17.1 Å². The number of imidazole rings is 1. The van der Waals surface area contributed by atoms with Crippen LogP contribution in [0, 0.1) is 0 Å². The molecule has 5 heteroatoms. The van der Waals surface area contributed by atoms with Crippen LogP contribution in [0.3, 0.4) is 0 Å². The van der Waals surface area contributed by atoms with Crippen molar-refractivity contribution in [3.8, 4) is 5.75 Å². The highest BCUT2D eigenvalue weighted by Gasteiger charge is 2.12. The van der Waals surface area contributed by atoms with Crippen LogP contribution in [0.15, 0.2) is 72.1 Å². The molecular formula is C19H20N3OSi. The predicted octanol–water partition coefficient (Wildman–Crippen LogP) is 4.22. The molecule has 0 fully saturated rings. The van der Waals surface area contributed by atoms with Gasteiger partial charge >= 0.3 is 0 Å². The van der Waals surface area contributed by atoms with Gasteiger partial charge in [-0.2, -0.15) is 0 Å². The van der Waals surface area contributed by atoms with Crippen molar-refractivity contribution in [1.29, 1.82) is 0 Å². The average Bonchev–Trinajstić information content (AvgIpc) is 3.00. The molecule has 0 N–H and O–H groups in total. The van der Waals surface area contributed by atoms with E-state index in [2.05, 4.69) is 18.1 Å². The van der Waals surface area contributed by atoms with Crippen LogP contribution in [-0.2, 0) is 7.05 Å². The van der Waals surface area contributed by atoms with E-state index in [1.54, 1.807) is 6.33 Å². The highest BCUT2D eigenvalue weighted by Crippen LogP contribution is 2.29. The first-order valence-electron chi connectivity index (χ1n) is 7.83. The Balaban J connectivity index is 2.11. The van der Waals surface area contributed by atoms with E-state index in [-0.39, 0.29) is 0 Å². The summed E-state index contributed by atoms with van der Waals surface area (Å²) in [4.78, 5) is 9.37. The molecule has 1 aromatic heterocycles. The van der Waals surface area contributed by atoms with E-state index in [1.807, 2.05) is 72.4 Å². The van der Waals surface area contributed by atoms with Crippen molar-refractivity contribution >= 4 is 20.4 Å². The van der Waals surface area contributed by atoms with E-state index in [0.29, 0.717) is 0 Å². The van der Waals surface area contributed by atoms with Crippen molar-refractivity contribution in [2.75, 3.05) is 0 Å². The number of benzene rings is 2. The fourth-order valence-electron chi connectivity index (χ4n) is 2.38. The minimum atomic E-state index is -0.857. The van der Waals surface area contributed by atoms with Crippen LogP contribution in [0.1, 0.15) is 11.3 Å². The number of aliphatic imine (C=N–C) groups is 1. The molecule has 0 spiro atoms. The SMILES string of the molecule is Cn1cnc(C(=Nc2ccccc2O[Si](C)C)c2ccccc2)c1. The molecule has 0 aliphatic rings. The molecule has 0 unspecified atom stereocenters. The largest absolute Gasteiger partial charge is 0.541 e. The van der Waals surface area contributed by atoms with E-state index in [4.69, 9.17) is 9.42 Å². The Bertz CT molecular complexity index is 841. The second-order valence-electron chi connectivity index (χ2n) is 5.73. The summed E-state index contributed by atoms with van der Waals surface area (Å²) >= 11 is 0. The number of aromatic nitrogens is 2. The third kappa shape index (κ3) is 3.81. The number of nitrogens with zero attached hydrogens (tertiary/aromatic N) is 3. The van der Waals surface area contributed by atoms with Gasteiger partial charge < -0.3 is 8.99 Å². The van der Waals surface area contributed by atoms with E-state index in [9.17, 15) is 0 Å². The fraction of sp³-hybridized carbons (Fsp3) is 0.158. The first kappa shape index (κ1) is 16.2. The summed E-state index contributed by atoms with van der Waals surface area (Å²) in [7, 11) is 1.10. The van der Waals surface area contributed by atoms with Gasteiger partial charge in [-0.1, -0.05) is 42.5 Å². The second-order valence-corrected chi connectivity index (χ2v) is 7.75. The highest BCUT2D eigenvalue weighted by molar-refractivity contribution is 6.49. The monoisotopic (exact) mass is 334 g/mol. The van der Waals surface area contributed by atoms with Crippen LogP contribution < -0.4 is 4.43 Å². The molecule has 4 nitrogen and oxygen atoms in total. The zero-order chi connectivity index (χ0) is 16.9. The standard InChI is InChI=1S/C19H20N3OSi/c1-22-13-17(20-14-22)19(15-9-5-4-6-10-15)21-16-11-7-8-12-18(16)23-24(2)3/h4-14H,1-3H3. The van der Waals surface area contributed by atoms with Crippen LogP contribution in [0.25, 0.3) is 0 Å². The number of para-hydroxylation sites is 2. The summed E-state index contributed by atoms with van der Waals surface area (Å²) in [6.07, 6.45) is 3.76. The van der Waals surface area contributed by atoms with Crippen molar-refractivity contribution in [2.24, 2.45) is 12.0 Å². The van der Waals surface area contributed by atoms with Crippen molar-refractivity contribution in [3.05, 3.63) is 78.4 Å². The Kier molecular flexibility index (Phi) is 4.91. The Hall–Kier alpha value is -2.66. The molecule has 3 rings (SSSR count). The summed E-state index contributed by atoms with van der Waals surface area (Å²) in [6.45, 7) is 4.23. The van der Waals surface area contributed by atoms with Gasteiger partial charge in [-0.15, -0.1) is 0 Å². The normalized spacial score (nSPS) is 11.8. The highest BCUT2D eigenvalue weighted by atomic mass is 28.3. The molecule has 0 saturated carbocycles. The second kappa shape index (κ2) is 7.27. The molecule has 1 radical (unpaired) electrons. The molecule has 0 aliphatic heterocycles. The van der Waals surface area contributed by atoms with Gasteiger partial charge in [0.15, 0.2) is 0 Å². The molecule has 1 heterocycles. The number of hydrogen-bond donors (Lipinski definition) is 0. The van der Waals surface area contributed by atoms with Gasteiger partial charge in [0.05, 0.1) is 12.0 Å².